The molecule has 0 aromatic heterocycles. The van der Waals surface area contributed by atoms with Crippen LogP contribution in [0.5, 0.6) is 0 Å². The Morgan fingerprint density at radius 2 is 0.750 bits per heavy atom. The van der Waals surface area contributed by atoms with Crippen molar-refractivity contribution in [3.05, 3.63) is 0 Å². The van der Waals surface area contributed by atoms with Gasteiger partial charge < -0.3 is 20.4 Å². The van der Waals surface area contributed by atoms with Gasteiger partial charge in [0, 0.05) is 0 Å². The Hall–Kier alpha value is 0.420. The molecule has 6 atom stereocenters. The zero-order valence-corrected chi connectivity index (χ0v) is 7.52. The molecule has 1 aliphatic carbocycles. The zero-order valence-electron chi connectivity index (χ0n) is 6.01. The Bertz CT molecular complexity index is 109. The molecule has 4 N–H and O–H groups in total. The monoisotopic (exact) mass is 216 g/mol. The highest BCUT2D eigenvalue weighted by Gasteiger charge is 2.47. The smallest absolute Gasteiger partial charge is 0.100 e. The molecule has 1 rings (SSSR count). The first kappa shape index (κ1) is 10.5. The van der Waals surface area contributed by atoms with Crippen molar-refractivity contribution in [1.29, 1.82) is 0 Å². The van der Waals surface area contributed by atoms with Crippen molar-refractivity contribution in [3.63, 3.8) is 0 Å². The lowest BCUT2D eigenvalue weighted by atomic mass is 9.89. The summed E-state index contributed by atoms with van der Waals surface area (Å²) < 4.78 is 0. The lowest BCUT2D eigenvalue weighted by Crippen LogP contribution is -2.60. The van der Waals surface area contributed by atoms with Crippen molar-refractivity contribution >= 4 is 23.2 Å². The lowest BCUT2D eigenvalue weighted by Gasteiger charge is -2.38. The van der Waals surface area contributed by atoms with E-state index in [0.29, 0.717) is 0 Å². The van der Waals surface area contributed by atoms with Gasteiger partial charge >= 0.3 is 0 Å². The van der Waals surface area contributed by atoms with Crippen LogP contribution in [0.3, 0.4) is 0 Å². The van der Waals surface area contributed by atoms with E-state index in [1.54, 1.807) is 0 Å². The van der Waals surface area contributed by atoms with Gasteiger partial charge in [-0.15, -0.1) is 23.2 Å². The van der Waals surface area contributed by atoms with Gasteiger partial charge in [-0.05, 0) is 0 Å². The molecule has 2 unspecified atom stereocenters. The molecule has 0 radical (unpaired) electrons. The summed E-state index contributed by atoms with van der Waals surface area (Å²) >= 11 is 11.0. The summed E-state index contributed by atoms with van der Waals surface area (Å²) in [4.78, 5) is 0. The van der Waals surface area contributed by atoms with E-state index >= 15 is 0 Å². The highest BCUT2D eigenvalue weighted by Crippen LogP contribution is 2.28. The molecular formula is C6H10Cl2O4. The van der Waals surface area contributed by atoms with E-state index in [-0.39, 0.29) is 0 Å². The summed E-state index contributed by atoms with van der Waals surface area (Å²) in [6, 6.07) is 0. The van der Waals surface area contributed by atoms with Crippen LogP contribution in [0.2, 0.25) is 0 Å². The van der Waals surface area contributed by atoms with E-state index in [4.69, 9.17) is 43.6 Å². The second-order valence-corrected chi connectivity index (χ2v) is 3.86. The Morgan fingerprint density at radius 3 is 0.917 bits per heavy atom. The first-order valence-corrected chi connectivity index (χ1v) is 4.34. The van der Waals surface area contributed by atoms with Crippen molar-refractivity contribution in [1.82, 2.24) is 0 Å². The molecule has 0 aromatic carbocycles. The van der Waals surface area contributed by atoms with Gasteiger partial charge in [-0.25, -0.2) is 0 Å². The number of hydrogen-bond acceptors (Lipinski definition) is 4. The Balaban J connectivity index is 2.76. The number of alkyl halides is 2. The highest BCUT2D eigenvalue weighted by atomic mass is 35.5. The molecule has 0 heterocycles. The molecule has 0 aromatic rings. The standard InChI is InChI=1S/C6H10Cl2O4/c7-1-3(9)5(11)2(8)6(12)4(1)10/h1-6,9-12H/t1?,2?,3-,4-,5-,6+/m0/s1. The van der Waals surface area contributed by atoms with Gasteiger partial charge in [0.05, 0.1) is 10.8 Å². The molecular weight excluding hydrogens is 207 g/mol. The van der Waals surface area contributed by atoms with Crippen LogP contribution in [0.4, 0.5) is 0 Å². The molecule has 0 saturated heterocycles. The van der Waals surface area contributed by atoms with E-state index < -0.39 is 35.2 Å². The maximum atomic E-state index is 9.17. The molecule has 1 saturated carbocycles. The first-order chi connectivity index (χ1) is 5.46. The van der Waals surface area contributed by atoms with Gasteiger partial charge in [0.15, 0.2) is 0 Å². The molecule has 0 aliphatic heterocycles. The average Bonchev–Trinajstić information content (AvgIpc) is 2.08. The largest absolute Gasteiger partial charge is 0.389 e. The fourth-order valence-corrected chi connectivity index (χ4v) is 1.75. The molecule has 0 amide bonds. The fraction of sp³-hybridized carbons (Fsp3) is 1.00. The lowest BCUT2D eigenvalue weighted by molar-refractivity contribution is -0.100. The minimum absolute atomic E-state index is 1.09. The van der Waals surface area contributed by atoms with Crippen molar-refractivity contribution < 1.29 is 20.4 Å². The predicted octanol–water partition coefficient (Wildman–Crippen LogP) is -1.34. The van der Waals surface area contributed by atoms with E-state index in [2.05, 4.69) is 0 Å². The van der Waals surface area contributed by atoms with Crippen molar-refractivity contribution in [2.45, 2.75) is 35.2 Å². The Labute approximate surface area is 79.3 Å². The van der Waals surface area contributed by atoms with Crippen LogP contribution in [-0.4, -0.2) is 55.6 Å². The molecule has 6 heteroatoms. The number of aliphatic hydroxyl groups is 4. The molecule has 72 valence electrons. The number of halogens is 2. The van der Waals surface area contributed by atoms with Gasteiger partial charge in [-0.1, -0.05) is 0 Å². The van der Waals surface area contributed by atoms with Crippen LogP contribution in [0.25, 0.3) is 0 Å². The fourth-order valence-electron chi connectivity index (χ4n) is 1.16. The molecule has 1 fully saturated rings. The summed E-state index contributed by atoms with van der Waals surface area (Å²) in [5.74, 6) is 0. The quantitative estimate of drug-likeness (QED) is 0.378. The number of hydrogen-bond donors (Lipinski definition) is 4. The first-order valence-electron chi connectivity index (χ1n) is 3.47. The highest BCUT2D eigenvalue weighted by molar-refractivity contribution is 6.24. The maximum absolute atomic E-state index is 9.17. The Kier molecular flexibility index (Phi) is 3.20. The van der Waals surface area contributed by atoms with Crippen molar-refractivity contribution in [3.8, 4) is 0 Å². The second kappa shape index (κ2) is 3.65. The third-order valence-corrected chi connectivity index (χ3v) is 3.04. The van der Waals surface area contributed by atoms with Crippen LogP contribution in [0, 0.1) is 0 Å². The van der Waals surface area contributed by atoms with Crippen molar-refractivity contribution in [2.24, 2.45) is 0 Å². The average molecular weight is 217 g/mol. The molecule has 1 aliphatic rings. The Morgan fingerprint density at radius 1 is 0.583 bits per heavy atom. The van der Waals surface area contributed by atoms with E-state index in [0.717, 1.165) is 0 Å². The molecule has 12 heavy (non-hydrogen) atoms. The van der Waals surface area contributed by atoms with E-state index in [1.165, 1.54) is 0 Å². The summed E-state index contributed by atoms with van der Waals surface area (Å²) in [6.07, 6.45) is -5.25. The maximum Gasteiger partial charge on any atom is 0.100 e. The van der Waals surface area contributed by atoms with E-state index in [1.807, 2.05) is 0 Å². The molecule has 0 spiro atoms. The van der Waals surface area contributed by atoms with Crippen LogP contribution in [0.1, 0.15) is 0 Å². The summed E-state index contributed by atoms with van der Waals surface area (Å²) in [7, 11) is 0. The van der Waals surface area contributed by atoms with Crippen LogP contribution in [0.15, 0.2) is 0 Å². The third kappa shape index (κ3) is 1.55. The summed E-state index contributed by atoms with van der Waals surface area (Å²) in [5.41, 5.74) is 0. The van der Waals surface area contributed by atoms with Crippen LogP contribution >= 0.6 is 23.2 Å². The topological polar surface area (TPSA) is 80.9 Å². The van der Waals surface area contributed by atoms with Gasteiger partial charge in [-0.2, -0.15) is 0 Å². The van der Waals surface area contributed by atoms with Crippen LogP contribution < -0.4 is 0 Å². The summed E-state index contributed by atoms with van der Waals surface area (Å²) in [6.45, 7) is 0. The molecule has 0 bridgehead atoms. The third-order valence-electron chi connectivity index (χ3n) is 2.00. The predicted molar refractivity (Wildman–Crippen MR) is 43.3 cm³/mol. The SMILES string of the molecule is O[C@@H]1C(Cl)[C@H](O)[C@@H](O)C(Cl)[C@@H]1O. The molecule has 4 nitrogen and oxygen atoms in total. The van der Waals surface area contributed by atoms with Crippen LogP contribution in [-0.2, 0) is 0 Å². The second-order valence-electron chi connectivity index (χ2n) is 2.85. The van der Waals surface area contributed by atoms with Gasteiger partial charge in [0.2, 0.25) is 0 Å². The van der Waals surface area contributed by atoms with Gasteiger partial charge in [0.25, 0.3) is 0 Å². The minimum Gasteiger partial charge on any atom is -0.389 e. The normalized spacial score (nSPS) is 55.5. The number of aliphatic hydroxyl groups excluding tert-OH is 4. The van der Waals surface area contributed by atoms with Gasteiger partial charge in [0.1, 0.15) is 24.4 Å². The summed E-state index contributed by atoms with van der Waals surface area (Å²) in [5, 5.41) is 34.5. The zero-order chi connectivity index (χ0) is 9.46. The number of rotatable bonds is 0. The van der Waals surface area contributed by atoms with Crippen molar-refractivity contribution in [2.75, 3.05) is 0 Å². The minimum atomic E-state index is -1.31. The van der Waals surface area contributed by atoms with Gasteiger partial charge in [-0.3, -0.25) is 0 Å². The van der Waals surface area contributed by atoms with E-state index in [9.17, 15) is 0 Å².